The molecule has 0 saturated heterocycles. The van der Waals surface area contributed by atoms with Crippen molar-refractivity contribution in [1.82, 2.24) is 0 Å². The third kappa shape index (κ3) is 3.83. The van der Waals surface area contributed by atoms with E-state index in [9.17, 15) is 0 Å². The molecule has 0 aromatic rings. The largest absolute Gasteiger partial charge is 0.127 e. The zero-order valence-corrected chi connectivity index (χ0v) is 12.4. The molecule has 0 radical (unpaired) electrons. The molecule has 0 aromatic heterocycles. The van der Waals surface area contributed by atoms with Crippen molar-refractivity contribution in [3.05, 3.63) is 17.4 Å². The first kappa shape index (κ1) is 15.5. The second-order valence-electron chi connectivity index (χ2n) is 5.54. The van der Waals surface area contributed by atoms with Gasteiger partial charge >= 0.3 is 0 Å². The molecule has 0 aromatic carbocycles. The Balaban J connectivity index is 4.90. The average molecular weight is 222 g/mol. The van der Waals surface area contributed by atoms with Crippen LogP contribution in [0, 0.1) is 17.3 Å². The van der Waals surface area contributed by atoms with Crippen LogP contribution in [0.3, 0.4) is 0 Å². The van der Waals surface area contributed by atoms with Crippen molar-refractivity contribution < 1.29 is 0 Å². The van der Waals surface area contributed by atoms with E-state index in [4.69, 9.17) is 0 Å². The van der Waals surface area contributed by atoms with Crippen LogP contribution in [0.1, 0.15) is 67.7 Å². The average Bonchev–Trinajstić information content (AvgIpc) is 2.24. The highest BCUT2D eigenvalue weighted by Gasteiger charge is 2.34. The highest BCUT2D eigenvalue weighted by molar-refractivity contribution is 5.01. The van der Waals surface area contributed by atoms with Crippen molar-refractivity contribution in [2.45, 2.75) is 67.7 Å². The zero-order valence-electron chi connectivity index (χ0n) is 12.4. The summed E-state index contributed by atoms with van der Waals surface area (Å²) in [5, 5.41) is 0. The van der Waals surface area contributed by atoms with Crippen LogP contribution in [0.25, 0.3) is 0 Å². The second-order valence-corrected chi connectivity index (χ2v) is 5.54. The van der Waals surface area contributed by atoms with E-state index >= 15 is 0 Å². The molecule has 0 nitrogen and oxygen atoms in total. The Hall–Kier alpha value is -0.480. The van der Waals surface area contributed by atoms with Crippen LogP contribution in [-0.2, 0) is 0 Å². The van der Waals surface area contributed by atoms with E-state index in [0.29, 0.717) is 5.41 Å². The first-order valence-electron chi connectivity index (χ1n) is 6.79. The van der Waals surface area contributed by atoms with Crippen LogP contribution < -0.4 is 0 Å². The summed E-state index contributed by atoms with van der Waals surface area (Å²) in [6, 6.07) is 0. The smallest absolute Gasteiger partial charge is 0.0213 e. The Bertz CT molecular complexity index is 253. The van der Waals surface area contributed by atoms with Crippen molar-refractivity contribution in [2.24, 2.45) is 17.3 Å². The SMILES string of the molecule is CC=C=C(C)CC(CC)C(C)(CC)C(C)C. The predicted octanol–water partition coefficient (Wildman–Crippen LogP) is 5.60. The maximum Gasteiger partial charge on any atom is -0.0213 e. The summed E-state index contributed by atoms with van der Waals surface area (Å²) >= 11 is 0. The first-order chi connectivity index (χ1) is 7.42. The van der Waals surface area contributed by atoms with Crippen LogP contribution >= 0.6 is 0 Å². The van der Waals surface area contributed by atoms with E-state index in [0.717, 1.165) is 11.8 Å². The molecule has 2 atom stereocenters. The Morgan fingerprint density at radius 1 is 1.31 bits per heavy atom. The van der Waals surface area contributed by atoms with Gasteiger partial charge in [-0.2, -0.15) is 0 Å². The molecule has 0 fully saturated rings. The predicted molar refractivity (Wildman–Crippen MR) is 74.6 cm³/mol. The Kier molecular flexibility index (Phi) is 6.76. The van der Waals surface area contributed by atoms with Gasteiger partial charge in [-0.05, 0) is 49.2 Å². The molecule has 94 valence electrons. The highest BCUT2D eigenvalue weighted by Crippen LogP contribution is 2.43. The maximum atomic E-state index is 3.34. The van der Waals surface area contributed by atoms with Crippen molar-refractivity contribution >= 4 is 0 Å². The zero-order chi connectivity index (χ0) is 12.8. The van der Waals surface area contributed by atoms with Crippen LogP contribution in [0.4, 0.5) is 0 Å². The molecule has 0 spiro atoms. The molecule has 2 unspecified atom stereocenters. The highest BCUT2D eigenvalue weighted by atomic mass is 14.4. The fourth-order valence-electron chi connectivity index (χ4n) is 2.69. The molecule has 0 heteroatoms. The fourth-order valence-corrected chi connectivity index (χ4v) is 2.69. The van der Waals surface area contributed by atoms with Crippen LogP contribution in [0.2, 0.25) is 0 Å². The first-order valence-corrected chi connectivity index (χ1v) is 6.79. The molecular weight excluding hydrogens is 192 g/mol. The summed E-state index contributed by atoms with van der Waals surface area (Å²) in [4.78, 5) is 0. The van der Waals surface area contributed by atoms with E-state index in [1.807, 2.05) is 13.0 Å². The van der Waals surface area contributed by atoms with Crippen molar-refractivity contribution in [1.29, 1.82) is 0 Å². The quantitative estimate of drug-likeness (QED) is 0.513. The second kappa shape index (κ2) is 6.97. The molecule has 0 saturated carbocycles. The number of allylic oxidation sites excluding steroid dienone is 1. The molecule has 16 heavy (non-hydrogen) atoms. The lowest BCUT2D eigenvalue weighted by Crippen LogP contribution is -2.32. The van der Waals surface area contributed by atoms with Gasteiger partial charge in [0.1, 0.15) is 0 Å². The van der Waals surface area contributed by atoms with Gasteiger partial charge in [0, 0.05) is 0 Å². The minimum absolute atomic E-state index is 0.464. The normalized spacial score (nSPS) is 16.5. The molecule has 0 bridgehead atoms. The molecule has 0 heterocycles. The van der Waals surface area contributed by atoms with Gasteiger partial charge < -0.3 is 0 Å². The Morgan fingerprint density at radius 2 is 1.88 bits per heavy atom. The van der Waals surface area contributed by atoms with E-state index < -0.39 is 0 Å². The van der Waals surface area contributed by atoms with E-state index in [-0.39, 0.29) is 0 Å². The molecule has 0 aliphatic heterocycles. The maximum absolute atomic E-state index is 3.34. The third-order valence-corrected chi connectivity index (χ3v) is 4.45. The minimum Gasteiger partial charge on any atom is -0.127 e. The van der Waals surface area contributed by atoms with Gasteiger partial charge in [-0.3, -0.25) is 0 Å². The minimum atomic E-state index is 0.464. The molecule has 0 rings (SSSR count). The van der Waals surface area contributed by atoms with Gasteiger partial charge in [-0.15, -0.1) is 5.73 Å². The van der Waals surface area contributed by atoms with E-state index in [1.54, 1.807) is 0 Å². The summed E-state index contributed by atoms with van der Waals surface area (Å²) in [6.07, 6.45) is 5.77. The fraction of sp³-hybridized carbons (Fsp3) is 0.812. The summed E-state index contributed by atoms with van der Waals surface area (Å²) in [6.45, 7) is 16.1. The molecule has 0 aliphatic carbocycles. The van der Waals surface area contributed by atoms with E-state index in [2.05, 4.69) is 47.3 Å². The van der Waals surface area contributed by atoms with Crippen LogP contribution in [0.5, 0.6) is 0 Å². The van der Waals surface area contributed by atoms with Crippen LogP contribution in [-0.4, -0.2) is 0 Å². The van der Waals surface area contributed by atoms with Crippen molar-refractivity contribution in [2.75, 3.05) is 0 Å². The molecule has 0 amide bonds. The summed E-state index contributed by atoms with van der Waals surface area (Å²) < 4.78 is 0. The van der Waals surface area contributed by atoms with Gasteiger partial charge in [-0.25, -0.2) is 0 Å². The van der Waals surface area contributed by atoms with Gasteiger partial charge in [0.2, 0.25) is 0 Å². The third-order valence-electron chi connectivity index (χ3n) is 4.45. The number of hydrogen-bond donors (Lipinski definition) is 0. The lowest BCUT2D eigenvalue weighted by Gasteiger charge is -2.40. The topological polar surface area (TPSA) is 0 Å². The van der Waals surface area contributed by atoms with Gasteiger partial charge in [0.25, 0.3) is 0 Å². The molecule has 0 N–H and O–H groups in total. The lowest BCUT2D eigenvalue weighted by atomic mass is 9.65. The molecular formula is C16H30. The Labute approximate surface area is 103 Å². The number of rotatable bonds is 6. The van der Waals surface area contributed by atoms with Gasteiger partial charge in [-0.1, -0.05) is 47.5 Å². The van der Waals surface area contributed by atoms with E-state index in [1.165, 1.54) is 24.8 Å². The lowest BCUT2D eigenvalue weighted by molar-refractivity contribution is 0.102. The summed E-state index contributed by atoms with van der Waals surface area (Å²) in [5.74, 6) is 1.53. The molecule has 0 aliphatic rings. The van der Waals surface area contributed by atoms with Gasteiger partial charge in [0.15, 0.2) is 0 Å². The summed E-state index contributed by atoms with van der Waals surface area (Å²) in [7, 11) is 0. The van der Waals surface area contributed by atoms with Crippen LogP contribution in [0.15, 0.2) is 17.4 Å². The summed E-state index contributed by atoms with van der Waals surface area (Å²) in [5.41, 5.74) is 5.20. The number of hydrogen-bond acceptors (Lipinski definition) is 0. The Morgan fingerprint density at radius 3 is 2.19 bits per heavy atom. The monoisotopic (exact) mass is 222 g/mol. The standard InChI is InChI=1S/C16H30/c1-8-11-14(6)12-15(9-2)16(7,10-3)13(4)5/h8,13,15H,9-10,12H2,1-7H3. The van der Waals surface area contributed by atoms with Crippen molar-refractivity contribution in [3.63, 3.8) is 0 Å². The van der Waals surface area contributed by atoms with Crippen molar-refractivity contribution in [3.8, 4) is 0 Å². The van der Waals surface area contributed by atoms with Gasteiger partial charge in [0.05, 0.1) is 0 Å².